The molecule has 2 rings (SSSR count). The maximum absolute atomic E-state index is 12.5. The van der Waals surface area contributed by atoms with Crippen LogP contribution in [0, 0.1) is 5.41 Å². The summed E-state index contributed by atoms with van der Waals surface area (Å²) >= 11 is 0. The molecule has 0 unspecified atom stereocenters. The van der Waals surface area contributed by atoms with E-state index in [2.05, 4.69) is 0 Å². The first-order valence-electron chi connectivity index (χ1n) is 5.37. The standard InChI is InChI=1S/C12H12F3N3/c13-12(14,15)9-1-2-10-8(7-9)3-5-18(10)6-4-11(16)17/h1-3,5,7H,4,6H2,(H3,16,17). The van der Waals surface area contributed by atoms with Gasteiger partial charge in [-0.05, 0) is 24.3 Å². The molecule has 2 aromatic rings. The molecule has 0 fully saturated rings. The molecular weight excluding hydrogens is 243 g/mol. The lowest BCUT2D eigenvalue weighted by molar-refractivity contribution is -0.137. The molecular formula is C12H12F3N3. The van der Waals surface area contributed by atoms with Gasteiger partial charge in [0.1, 0.15) is 0 Å². The number of benzene rings is 1. The van der Waals surface area contributed by atoms with Gasteiger partial charge in [0.05, 0.1) is 11.4 Å². The minimum atomic E-state index is -4.32. The molecule has 96 valence electrons. The van der Waals surface area contributed by atoms with E-state index in [9.17, 15) is 13.2 Å². The molecule has 0 bridgehead atoms. The van der Waals surface area contributed by atoms with Gasteiger partial charge in [0.25, 0.3) is 0 Å². The number of hydrogen-bond acceptors (Lipinski definition) is 1. The largest absolute Gasteiger partial charge is 0.416 e. The molecule has 1 aromatic heterocycles. The van der Waals surface area contributed by atoms with E-state index in [0.717, 1.165) is 12.1 Å². The second kappa shape index (κ2) is 4.36. The van der Waals surface area contributed by atoms with E-state index in [4.69, 9.17) is 11.1 Å². The summed E-state index contributed by atoms with van der Waals surface area (Å²) in [6.07, 6.45) is -2.24. The monoisotopic (exact) mass is 255 g/mol. The van der Waals surface area contributed by atoms with Crippen molar-refractivity contribution in [2.75, 3.05) is 0 Å². The van der Waals surface area contributed by atoms with Crippen LogP contribution in [0.15, 0.2) is 30.5 Å². The number of alkyl halides is 3. The van der Waals surface area contributed by atoms with Gasteiger partial charge in [0, 0.05) is 30.1 Å². The average molecular weight is 255 g/mol. The highest BCUT2D eigenvalue weighted by atomic mass is 19.4. The molecule has 1 aromatic carbocycles. The fourth-order valence-corrected chi connectivity index (χ4v) is 1.81. The van der Waals surface area contributed by atoms with Crippen molar-refractivity contribution in [2.24, 2.45) is 5.73 Å². The third kappa shape index (κ3) is 2.47. The normalized spacial score (nSPS) is 11.9. The second-order valence-corrected chi connectivity index (χ2v) is 4.06. The van der Waals surface area contributed by atoms with E-state index in [1.54, 1.807) is 16.8 Å². The lowest BCUT2D eigenvalue weighted by atomic mass is 10.1. The number of hydrogen-bond donors (Lipinski definition) is 2. The highest BCUT2D eigenvalue weighted by Gasteiger charge is 2.30. The van der Waals surface area contributed by atoms with Crippen LogP contribution in [-0.4, -0.2) is 10.4 Å². The predicted octanol–water partition coefficient (Wildman–Crippen LogP) is 2.99. The van der Waals surface area contributed by atoms with Crippen LogP contribution in [-0.2, 0) is 12.7 Å². The Morgan fingerprint density at radius 2 is 2.00 bits per heavy atom. The van der Waals surface area contributed by atoms with Gasteiger partial charge >= 0.3 is 6.18 Å². The maximum atomic E-state index is 12.5. The number of halogens is 3. The number of amidine groups is 1. The first kappa shape index (κ1) is 12.5. The van der Waals surface area contributed by atoms with Crippen LogP contribution in [0.25, 0.3) is 10.9 Å². The molecule has 0 aliphatic heterocycles. The third-order valence-electron chi connectivity index (χ3n) is 2.72. The SMILES string of the molecule is N=C(N)CCn1ccc2cc(C(F)(F)F)ccc21. The molecule has 3 N–H and O–H groups in total. The third-order valence-corrected chi connectivity index (χ3v) is 2.72. The molecule has 0 aliphatic carbocycles. The van der Waals surface area contributed by atoms with Gasteiger partial charge in [0.15, 0.2) is 0 Å². The molecule has 3 nitrogen and oxygen atoms in total. The highest BCUT2D eigenvalue weighted by molar-refractivity contribution is 5.81. The van der Waals surface area contributed by atoms with Crippen molar-refractivity contribution in [1.29, 1.82) is 5.41 Å². The topological polar surface area (TPSA) is 54.8 Å². The van der Waals surface area contributed by atoms with Crippen LogP contribution in [0.3, 0.4) is 0 Å². The van der Waals surface area contributed by atoms with Crippen molar-refractivity contribution in [3.63, 3.8) is 0 Å². The van der Waals surface area contributed by atoms with E-state index in [1.807, 2.05) is 0 Å². The van der Waals surface area contributed by atoms with Gasteiger partial charge in [-0.2, -0.15) is 13.2 Å². The summed E-state index contributed by atoms with van der Waals surface area (Å²) < 4.78 is 39.4. The minimum Gasteiger partial charge on any atom is -0.388 e. The first-order valence-corrected chi connectivity index (χ1v) is 5.37. The number of nitrogens with two attached hydrogens (primary N) is 1. The van der Waals surface area contributed by atoms with E-state index in [-0.39, 0.29) is 5.84 Å². The summed E-state index contributed by atoms with van der Waals surface area (Å²) in [4.78, 5) is 0. The van der Waals surface area contributed by atoms with Crippen molar-refractivity contribution < 1.29 is 13.2 Å². The van der Waals surface area contributed by atoms with Gasteiger partial charge in [-0.25, -0.2) is 0 Å². The Bertz CT molecular complexity index is 584. The van der Waals surface area contributed by atoms with Crippen LogP contribution >= 0.6 is 0 Å². The quantitative estimate of drug-likeness (QED) is 0.643. The minimum absolute atomic E-state index is 0.0590. The summed E-state index contributed by atoms with van der Waals surface area (Å²) in [5, 5.41) is 7.67. The zero-order valence-corrected chi connectivity index (χ0v) is 9.46. The summed E-state index contributed by atoms with van der Waals surface area (Å²) in [6.45, 7) is 0.490. The van der Waals surface area contributed by atoms with Gasteiger partial charge in [0.2, 0.25) is 0 Å². The fourth-order valence-electron chi connectivity index (χ4n) is 1.81. The Morgan fingerprint density at radius 3 is 2.61 bits per heavy atom. The smallest absolute Gasteiger partial charge is 0.388 e. The summed E-state index contributed by atoms with van der Waals surface area (Å²) in [7, 11) is 0. The summed E-state index contributed by atoms with van der Waals surface area (Å²) in [6, 6.07) is 5.26. The zero-order chi connectivity index (χ0) is 13.3. The number of nitrogens with zero attached hydrogens (tertiary/aromatic N) is 1. The Labute approximate surface area is 102 Å². The molecule has 0 saturated heterocycles. The maximum Gasteiger partial charge on any atom is 0.416 e. The Kier molecular flexibility index (Phi) is 3.02. The molecule has 6 heteroatoms. The highest BCUT2D eigenvalue weighted by Crippen LogP contribution is 2.31. The lowest BCUT2D eigenvalue weighted by Crippen LogP contribution is -2.12. The number of rotatable bonds is 3. The first-order chi connectivity index (χ1) is 8.38. The van der Waals surface area contributed by atoms with Crippen molar-refractivity contribution in [3.05, 3.63) is 36.0 Å². The fraction of sp³-hybridized carbons (Fsp3) is 0.250. The molecule has 0 atom stereocenters. The van der Waals surface area contributed by atoms with Crippen molar-refractivity contribution >= 4 is 16.7 Å². The Morgan fingerprint density at radius 1 is 1.28 bits per heavy atom. The van der Waals surface area contributed by atoms with Gasteiger partial charge in [-0.3, -0.25) is 5.41 Å². The van der Waals surface area contributed by atoms with Crippen molar-refractivity contribution in [1.82, 2.24) is 4.57 Å². The molecule has 1 heterocycles. The zero-order valence-electron chi connectivity index (χ0n) is 9.46. The average Bonchev–Trinajstić information content (AvgIpc) is 2.67. The van der Waals surface area contributed by atoms with E-state index >= 15 is 0 Å². The number of nitrogens with one attached hydrogen (secondary N) is 1. The van der Waals surface area contributed by atoms with Crippen LogP contribution in [0.2, 0.25) is 0 Å². The predicted molar refractivity (Wildman–Crippen MR) is 63.5 cm³/mol. The molecule has 18 heavy (non-hydrogen) atoms. The summed E-state index contributed by atoms with van der Waals surface area (Å²) in [5.41, 5.74) is 5.31. The van der Waals surface area contributed by atoms with E-state index in [0.29, 0.717) is 23.9 Å². The van der Waals surface area contributed by atoms with Crippen LogP contribution < -0.4 is 5.73 Å². The van der Waals surface area contributed by atoms with Crippen LogP contribution in [0.1, 0.15) is 12.0 Å². The van der Waals surface area contributed by atoms with Gasteiger partial charge in [-0.15, -0.1) is 0 Å². The molecule has 0 spiro atoms. The number of fused-ring (bicyclic) bond motifs is 1. The molecule has 0 radical (unpaired) electrons. The molecule has 0 saturated carbocycles. The lowest BCUT2D eigenvalue weighted by Gasteiger charge is -2.08. The van der Waals surface area contributed by atoms with Crippen LogP contribution in [0.5, 0.6) is 0 Å². The van der Waals surface area contributed by atoms with E-state index in [1.165, 1.54) is 6.07 Å². The van der Waals surface area contributed by atoms with Crippen LogP contribution in [0.4, 0.5) is 13.2 Å². The number of aromatic nitrogens is 1. The molecule has 0 amide bonds. The summed E-state index contributed by atoms with van der Waals surface area (Å²) in [5.74, 6) is 0.0590. The molecule has 0 aliphatic rings. The number of aryl methyl sites for hydroxylation is 1. The Balaban J connectivity index is 2.35. The van der Waals surface area contributed by atoms with E-state index < -0.39 is 11.7 Å². The van der Waals surface area contributed by atoms with Gasteiger partial charge < -0.3 is 10.3 Å². The van der Waals surface area contributed by atoms with Gasteiger partial charge in [-0.1, -0.05) is 0 Å². The van der Waals surface area contributed by atoms with Crippen molar-refractivity contribution in [3.8, 4) is 0 Å². The van der Waals surface area contributed by atoms with Crippen molar-refractivity contribution in [2.45, 2.75) is 19.1 Å². The second-order valence-electron chi connectivity index (χ2n) is 4.06. The Hall–Kier alpha value is -1.98.